The maximum atomic E-state index is 12.7. The molecule has 1 aliphatic rings. The van der Waals surface area contributed by atoms with Crippen LogP contribution in [-0.4, -0.2) is 46.9 Å². The highest BCUT2D eigenvalue weighted by atomic mass is 16.2. The molecule has 0 spiro atoms. The largest absolute Gasteiger partial charge is 0.336 e. The van der Waals surface area contributed by atoms with Crippen LogP contribution in [0.25, 0.3) is 10.9 Å². The Kier molecular flexibility index (Phi) is 4.77. The molecule has 138 valence electrons. The van der Waals surface area contributed by atoms with E-state index in [4.69, 9.17) is 0 Å². The van der Waals surface area contributed by atoms with Gasteiger partial charge in [0.2, 0.25) is 0 Å². The van der Waals surface area contributed by atoms with Gasteiger partial charge >= 0.3 is 0 Å². The zero-order chi connectivity index (χ0) is 18.8. The van der Waals surface area contributed by atoms with Crippen molar-refractivity contribution in [3.05, 3.63) is 81.6 Å². The number of carbonyl (C=O) groups is 1. The standard InChI is InChI=1S/C22H23N3O2/c1-16-5-4-7-18(13-16)22(27)25-11-9-24(10-12-25)15-19-14-17-6-2-3-8-20(17)23-21(19)26/h2-8,13-14H,9-12,15H2,1H3,(H,23,26). The van der Waals surface area contributed by atoms with Crippen molar-refractivity contribution in [2.45, 2.75) is 13.5 Å². The van der Waals surface area contributed by atoms with Crippen LogP contribution in [0.3, 0.4) is 0 Å². The fraction of sp³-hybridized carbons (Fsp3) is 0.273. The molecule has 0 aliphatic carbocycles. The molecule has 0 atom stereocenters. The molecule has 27 heavy (non-hydrogen) atoms. The lowest BCUT2D eigenvalue weighted by atomic mass is 10.1. The Bertz CT molecular complexity index is 1030. The van der Waals surface area contributed by atoms with Crippen LogP contribution >= 0.6 is 0 Å². The van der Waals surface area contributed by atoms with Crippen LogP contribution in [0.1, 0.15) is 21.5 Å². The van der Waals surface area contributed by atoms with Gasteiger partial charge in [-0.15, -0.1) is 0 Å². The summed E-state index contributed by atoms with van der Waals surface area (Å²) in [4.78, 5) is 32.1. The highest BCUT2D eigenvalue weighted by Crippen LogP contribution is 2.14. The van der Waals surface area contributed by atoms with E-state index in [1.807, 2.05) is 66.4 Å². The minimum absolute atomic E-state index is 0.0352. The Balaban J connectivity index is 1.42. The van der Waals surface area contributed by atoms with Crippen LogP contribution in [0.5, 0.6) is 0 Å². The van der Waals surface area contributed by atoms with Gasteiger partial charge in [-0.25, -0.2) is 0 Å². The van der Waals surface area contributed by atoms with Crippen LogP contribution in [-0.2, 0) is 6.54 Å². The number of nitrogens with zero attached hydrogens (tertiary/aromatic N) is 2. The zero-order valence-corrected chi connectivity index (χ0v) is 15.4. The number of carbonyl (C=O) groups excluding carboxylic acids is 1. The molecule has 5 heteroatoms. The van der Waals surface area contributed by atoms with Gasteiger partial charge in [-0.2, -0.15) is 0 Å². The molecule has 1 aromatic heterocycles. The Labute approximate surface area is 158 Å². The number of aromatic amines is 1. The number of aromatic nitrogens is 1. The van der Waals surface area contributed by atoms with Crippen LogP contribution < -0.4 is 5.56 Å². The fourth-order valence-corrected chi connectivity index (χ4v) is 3.62. The first-order valence-corrected chi connectivity index (χ1v) is 9.29. The first-order valence-electron chi connectivity index (χ1n) is 9.29. The Hall–Kier alpha value is -2.92. The number of benzene rings is 2. The third-order valence-electron chi connectivity index (χ3n) is 5.15. The number of aryl methyl sites for hydroxylation is 1. The quantitative estimate of drug-likeness (QED) is 0.780. The van der Waals surface area contributed by atoms with E-state index in [1.165, 1.54) is 0 Å². The summed E-state index contributed by atoms with van der Waals surface area (Å²) in [5.74, 6) is 0.0851. The first-order chi connectivity index (χ1) is 13.1. The van der Waals surface area contributed by atoms with Gasteiger partial charge in [0.1, 0.15) is 0 Å². The summed E-state index contributed by atoms with van der Waals surface area (Å²) < 4.78 is 0. The van der Waals surface area contributed by atoms with Gasteiger partial charge < -0.3 is 9.88 Å². The predicted molar refractivity (Wildman–Crippen MR) is 107 cm³/mol. The Morgan fingerprint density at radius 1 is 1.00 bits per heavy atom. The molecular weight excluding hydrogens is 338 g/mol. The average Bonchev–Trinajstić information content (AvgIpc) is 2.68. The van der Waals surface area contributed by atoms with Crippen LogP contribution in [0.4, 0.5) is 0 Å². The summed E-state index contributed by atoms with van der Waals surface area (Å²) in [6.07, 6.45) is 0. The van der Waals surface area contributed by atoms with Crippen molar-refractivity contribution in [1.82, 2.24) is 14.8 Å². The van der Waals surface area contributed by atoms with E-state index in [9.17, 15) is 9.59 Å². The molecule has 1 N–H and O–H groups in total. The summed E-state index contributed by atoms with van der Waals surface area (Å²) in [6, 6.07) is 17.5. The topological polar surface area (TPSA) is 56.4 Å². The van der Waals surface area contributed by atoms with E-state index in [1.54, 1.807) is 0 Å². The molecule has 0 saturated carbocycles. The van der Waals surface area contributed by atoms with E-state index in [-0.39, 0.29) is 11.5 Å². The van der Waals surface area contributed by atoms with Crippen molar-refractivity contribution in [3.63, 3.8) is 0 Å². The molecular formula is C22H23N3O2. The molecule has 1 fully saturated rings. The Morgan fingerprint density at radius 2 is 1.78 bits per heavy atom. The molecule has 4 rings (SSSR count). The van der Waals surface area contributed by atoms with Gasteiger partial charge in [0.05, 0.1) is 0 Å². The minimum atomic E-state index is -0.0352. The number of nitrogens with one attached hydrogen (secondary N) is 1. The van der Waals surface area contributed by atoms with E-state index in [0.717, 1.165) is 40.7 Å². The summed E-state index contributed by atoms with van der Waals surface area (Å²) >= 11 is 0. The average molecular weight is 361 g/mol. The first kappa shape index (κ1) is 17.5. The number of para-hydroxylation sites is 1. The lowest BCUT2D eigenvalue weighted by molar-refractivity contribution is 0.0628. The van der Waals surface area contributed by atoms with Gasteiger partial charge in [-0.05, 0) is 36.6 Å². The number of pyridine rings is 1. The Morgan fingerprint density at radius 3 is 2.56 bits per heavy atom. The predicted octanol–water partition coefficient (Wildman–Crippen LogP) is 2.79. The van der Waals surface area contributed by atoms with Crippen molar-refractivity contribution < 1.29 is 4.79 Å². The maximum absolute atomic E-state index is 12.7. The fourth-order valence-electron chi connectivity index (χ4n) is 3.62. The second kappa shape index (κ2) is 7.37. The zero-order valence-electron chi connectivity index (χ0n) is 15.4. The van der Waals surface area contributed by atoms with Crippen molar-refractivity contribution in [1.29, 1.82) is 0 Å². The number of amides is 1. The van der Waals surface area contributed by atoms with Gasteiger partial charge in [0.25, 0.3) is 11.5 Å². The molecule has 1 saturated heterocycles. The molecule has 0 bridgehead atoms. The SMILES string of the molecule is Cc1cccc(C(=O)N2CCN(Cc3cc4ccccc4[nH]c3=O)CC2)c1. The minimum Gasteiger partial charge on any atom is -0.336 e. The van der Waals surface area contributed by atoms with Gasteiger partial charge in [0, 0.05) is 49.4 Å². The third kappa shape index (κ3) is 3.78. The van der Waals surface area contributed by atoms with Gasteiger partial charge in [-0.1, -0.05) is 35.9 Å². The summed E-state index contributed by atoms with van der Waals surface area (Å²) in [6.45, 7) is 5.49. The van der Waals surface area contributed by atoms with Crippen LogP contribution in [0, 0.1) is 6.92 Å². The van der Waals surface area contributed by atoms with Crippen molar-refractivity contribution in [3.8, 4) is 0 Å². The van der Waals surface area contributed by atoms with Crippen LogP contribution in [0.2, 0.25) is 0 Å². The van der Waals surface area contributed by atoms with E-state index in [0.29, 0.717) is 19.6 Å². The van der Waals surface area contributed by atoms with E-state index in [2.05, 4.69) is 9.88 Å². The maximum Gasteiger partial charge on any atom is 0.253 e. The van der Waals surface area contributed by atoms with E-state index >= 15 is 0 Å². The van der Waals surface area contributed by atoms with Crippen molar-refractivity contribution >= 4 is 16.8 Å². The van der Waals surface area contributed by atoms with Gasteiger partial charge in [-0.3, -0.25) is 14.5 Å². The monoisotopic (exact) mass is 361 g/mol. The summed E-state index contributed by atoms with van der Waals surface area (Å²) in [7, 11) is 0. The lowest BCUT2D eigenvalue weighted by Crippen LogP contribution is -2.48. The smallest absolute Gasteiger partial charge is 0.253 e. The van der Waals surface area contributed by atoms with Crippen LogP contribution in [0.15, 0.2) is 59.4 Å². The highest BCUT2D eigenvalue weighted by Gasteiger charge is 2.22. The third-order valence-corrected chi connectivity index (χ3v) is 5.15. The van der Waals surface area contributed by atoms with Crippen molar-refractivity contribution in [2.75, 3.05) is 26.2 Å². The molecule has 1 amide bonds. The number of H-pyrrole nitrogens is 1. The summed E-state index contributed by atoms with van der Waals surface area (Å²) in [5.41, 5.74) is 3.43. The molecule has 2 aromatic carbocycles. The number of fused-ring (bicyclic) bond motifs is 1. The second-order valence-corrected chi connectivity index (χ2v) is 7.15. The number of rotatable bonds is 3. The van der Waals surface area contributed by atoms with E-state index < -0.39 is 0 Å². The highest BCUT2D eigenvalue weighted by molar-refractivity contribution is 5.94. The molecule has 0 unspecified atom stereocenters. The molecule has 3 aromatic rings. The second-order valence-electron chi connectivity index (χ2n) is 7.15. The molecule has 5 nitrogen and oxygen atoms in total. The molecule has 1 aliphatic heterocycles. The number of hydrogen-bond donors (Lipinski definition) is 1. The summed E-state index contributed by atoms with van der Waals surface area (Å²) in [5, 5.41) is 1.04. The van der Waals surface area contributed by atoms with Crippen molar-refractivity contribution in [2.24, 2.45) is 0 Å². The normalized spacial score (nSPS) is 15.2. The number of hydrogen-bond acceptors (Lipinski definition) is 3. The van der Waals surface area contributed by atoms with Gasteiger partial charge in [0.15, 0.2) is 0 Å². The molecule has 2 heterocycles. The molecule has 0 radical (unpaired) electrons. The number of piperazine rings is 1. The lowest BCUT2D eigenvalue weighted by Gasteiger charge is -2.34.